The maximum Gasteiger partial charge on any atom is 0.187 e. The number of hydrogen-bond donors (Lipinski definition) is 6. The molecule has 12 atom stereocenters. The third-order valence-electron chi connectivity index (χ3n) is 10.3. The fraction of sp³-hybridized carbons (Fsp3) is 0.885. The van der Waals surface area contributed by atoms with Crippen LogP contribution >= 0.6 is 0 Å². The molecular formula is C26H40O9. The Labute approximate surface area is 205 Å². The van der Waals surface area contributed by atoms with Crippen LogP contribution in [0.4, 0.5) is 0 Å². The number of hydrogen-bond acceptors (Lipinski definition) is 9. The second kappa shape index (κ2) is 8.04. The molecule has 198 valence electrons. The van der Waals surface area contributed by atoms with Gasteiger partial charge in [0.1, 0.15) is 30.0 Å². The van der Waals surface area contributed by atoms with Crippen molar-refractivity contribution in [3.8, 4) is 0 Å². The Bertz CT molecular complexity index is 899. The van der Waals surface area contributed by atoms with Crippen LogP contribution in [-0.2, 0) is 14.3 Å². The van der Waals surface area contributed by atoms with E-state index < -0.39 is 66.0 Å². The van der Waals surface area contributed by atoms with E-state index in [1.807, 2.05) is 6.92 Å². The summed E-state index contributed by atoms with van der Waals surface area (Å²) in [6.07, 6.45) is -4.29. The maximum absolute atomic E-state index is 14.0. The van der Waals surface area contributed by atoms with E-state index >= 15 is 0 Å². The molecule has 0 aromatic rings. The number of rotatable bonds is 3. The van der Waals surface area contributed by atoms with Gasteiger partial charge in [0, 0.05) is 5.92 Å². The maximum atomic E-state index is 14.0. The average Bonchev–Trinajstić information content (AvgIpc) is 2.97. The Kier molecular flexibility index (Phi) is 5.91. The minimum atomic E-state index is -1.63. The molecule has 1 saturated heterocycles. The summed E-state index contributed by atoms with van der Waals surface area (Å²) < 4.78 is 11.6. The minimum Gasteiger partial charge on any atom is -0.394 e. The van der Waals surface area contributed by atoms with E-state index in [0.29, 0.717) is 6.42 Å². The second-order valence-electron chi connectivity index (χ2n) is 12.8. The summed E-state index contributed by atoms with van der Waals surface area (Å²) in [6.45, 7) is 9.05. The van der Waals surface area contributed by atoms with Crippen molar-refractivity contribution in [2.24, 2.45) is 28.6 Å². The topological polar surface area (TPSA) is 157 Å². The molecule has 0 aromatic heterocycles. The highest BCUT2D eigenvalue weighted by Crippen LogP contribution is 2.69. The number of aliphatic hydroxyl groups excluding tert-OH is 4. The number of aliphatic hydroxyl groups is 6. The van der Waals surface area contributed by atoms with Gasteiger partial charge in [-0.25, -0.2) is 0 Å². The zero-order valence-electron chi connectivity index (χ0n) is 20.8. The lowest BCUT2D eigenvalue weighted by Gasteiger charge is -2.60. The van der Waals surface area contributed by atoms with Gasteiger partial charge in [-0.05, 0) is 62.7 Å². The number of carbonyl (C=O) groups excluding carboxylic acids is 1. The molecule has 0 amide bonds. The summed E-state index contributed by atoms with van der Waals surface area (Å²) >= 11 is 0. The molecule has 5 fully saturated rings. The van der Waals surface area contributed by atoms with Crippen LogP contribution in [0.1, 0.15) is 59.3 Å². The van der Waals surface area contributed by atoms with Crippen LogP contribution in [0.5, 0.6) is 0 Å². The molecule has 9 heteroatoms. The van der Waals surface area contributed by atoms with E-state index in [0.717, 1.165) is 24.8 Å². The van der Waals surface area contributed by atoms with Crippen molar-refractivity contribution in [2.75, 3.05) is 6.61 Å². The molecule has 4 saturated carbocycles. The fourth-order valence-corrected chi connectivity index (χ4v) is 8.40. The van der Waals surface area contributed by atoms with Crippen LogP contribution in [0.3, 0.4) is 0 Å². The molecule has 5 rings (SSSR count). The zero-order valence-corrected chi connectivity index (χ0v) is 20.8. The second-order valence-corrected chi connectivity index (χ2v) is 12.8. The van der Waals surface area contributed by atoms with Gasteiger partial charge >= 0.3 is 0 Å². The third kappa shape index (κ3) is 3.54. The number of ether oxygens (including phenoxy) is 2. The van der Waals surface area contributed by atoms with Crippen molar-refractivity contribution >= 4 is 5.78 Å². The lowest BCUT2D eigenvalue weighted by Crippen LogP contribution is -2.67. The molecule has 4 aliphatic carbocycles. The predicted octanol–water partition coefficient (Wildman–Crippen LogP) is 0.0351. The normalized spacial score (nSPS) is 55.4. The molecule has 1 aliphatic heterocycles. The van der Waals surface area contributed by atoms with Crippen LogP contribution in [0, 0.1) is 28.6 Å². The Morgan fingerprint density at radius 3 is 2.37 bits per heavy atom. The molecule has 0 aromatic carbocycles. The number of ketones is 1. The van der Waals surface area contributed by atoms with E-state index in [1.165, 1.54) is 0 Å². The number of carbonyl (C=O) groups is 1. The van der Waals surface area contributed by atoms with Crippen LogP contribution in [0.25, 0.3) is 0 Å². The lowest BCUT2D eigenvalue weighted by atomic mass is 9.46. The molecule has 5 aliphatic rings. The Balaban J connectivity index is 1.43. The summed E-state index contributed by atoms with van der Waals surface area (Å²) in [5.74, 6) is -0.658. The molecule has 2 bridgehead atoms. The quantitative estimate of drug-likeness (QED) is 0.234. The van der Waals surface area contributed by atoms with E-state index in [4.69, 9.17) is 9.47 Å². The highest BCUT2D eigenvalue weighted by atomic mass is 16.7. The van der Waals surface area contributed by atoms with Gasteiger partial charge in [0.2, 0.25) is 0 Å². The predicted molar refractivity (Wildman–Crippen MR) is 123 cm³/mol. The zero-order chi connectivity index (χ0) is 25.7. The monoisotopic (exact) mass is 496 g/mol. The first-order chi connectivity index (χ1) is 16.2. The molecule has 9 nitrogen and oxygen atoms in total. The van der Waals surface area contributed by atoms with Crippen molar-refractivity contribution in [3.63, 3.8) is 0 Å². The van der Waals surface area contributed by atoms with Crippen molar-refractivity contribution in [3.05, 3.63) is 12.2 Å². The Morgan fingerprint density at radius 2 is 1.71 bits per heavy atom. The van der Waals surface area contributed by atoms with Gasteiger partial charge in [-0.15, -0.1) is 0 Å². The molecule has 0 unspecified atom stereocenters. The number of fused-ring (bicyclic) bond motifs is 2. The highest BCUT2D eigenvalue weighted by Gasteiger charge is 2.69. The van der Waals surface area contributed by atoms with Gasteiger partial charge in [-0.1, -0.05) is 26.0 Å². The van der Waals surface area contributed by atoms with Gasteiger partial charge < -0.3 is 40.1 Å². The van der Waals surface area contributed by atoms with Gasteiger partial charge in [0.05, 0.1) is 23.7 Å². The van der Waals surface area contributed by atoms with Crippen LogP contribution in [0.2, 0.25) is 0 Å². The third-order valence-corrected chi connectivity index (χ3v) is 10.3. The van der Waals surface area contributed by atoms with E-state index in [1.54, 1.807) is 13.8 Å². The summed E-state index contributed by atoms with van der Waals surface area (Å²) in [7, 11) is 0. The van der Waals surface area contributed by atoms with E-state index in [9.17, 15) is 35.4 Å². The Hall–Kier alpha value is -0.910. The smallest absolute Gasteiger partial charge is 0.187 e. The van der Waals surface area contributed by atoms with Crippen molar-refractivity contribution < 1.29 is 44.9 Å². The number of Topliss-reactive ketones (excluding diaryl/α,β-unsaturated/α-hetero) is 1. The molecular weight excluding hydrogens is 456 g/mol. The van der Waals surface area contributed by atoms with Crippen LogP contribution in [0.15, 0.2) is 12.2 Å². The van der Waals surface area contributed by atoms with Gasteiger partial charge in [0.15, 0.2) is 12.1 Å². The summed E-state index contributed by atoms with van der Waals surface area (Å²) in [5, 5.41) is 63.3. The summed E-state index contributed by atoms with van der Waals surface area (Å²) in [6, 6.07) is 0. The summed E-state index contributed by atoms with van der Waals surface area (Å²) in [4.78, 5) is 14.0. The lowest BCUT2D eigenvalue weighted by molar-refractivity contribution is -0.322. The molecule has 1 heterocycles. The van der Waals surface area contributed by atoms with Crippen molar-refractivity contribution in [2.45, 2.75) is 107 Å². The first-order valence-corrected chi connectivity index (χ1v) is 12.8. The molecule has 35 heavy (non-hydrogen) atoms. The largest absolute Gasteiger partial charge is 0.394 e. The molecule has 1 spiro atoms. The summed E-state index contributed by atoms with van der Waals surface area (Å²) in [5.41, 5.74) is -3.13. The fourth-order valence-electron chi connectivity index (χ4n) is 8.40. The van der Waals surface area contributed by atoms with Crippen molar-refractivity contribution in [1.29, 1.82) is 0 Å². The Morgan fingerprint density at radius 1 is 1.03 bits per heavy atom. The first kappa shape index (κ1) is 25.7. The molecule has 0 radical (unpaired) electrons. The highest BCUT2D eigenvalue weighted by molar-refractivity contribution is 5.94. The average molecular weight is 497 g/mol. The van der Waals surface area contributed by atoms with Gasteiger partial charge in [-0.3, -0.25) is 4.79 Å². The van der Waals surface area contributed by atoms with E-state index in [-0.39, 0.29) is 35.9 Å². The van der Waals surface area contributed by atoms with Crippen LogP contribution < -0.4 is 0 Å². The SMILES string of the molecule is C=C1[C@H]2C[C@H](O[C@@H]3O[C@H](CO)[C@@H](O)[C@H](O)[C@H]3O)C(C)(C)C(=O)[C@]2(O)C[C@@]23C[C@@H](CC[C@@H]12)[C@](C)(O)C3. The minimum absolute atomic E-state index is 0.0971. The van der Waals surface area contributed by atoms with Gasteiger partial charge in [0.25, 0.3) is 0 Å². The first-order valence-electron chi connectivity index (χ1n) is 12.8. The van der Waals surface area contributed by atoms with E-state index in [2.05, 4.69) is 6.58 Å². The van der Waals surface area contributed by atoms with Gasteiger partial charge in [-0.2, -0.15) is 0 Å². The van der Waals surface area contributed by atoms with Crippen LogP contribution in [-0.4, -0.2) is 91.0 Å². The van der Waals surface area contributed by atoms with Crippen molar-refractivity contribution in [1.82, 2.24) is 0 Å². The molecule has 6 N–H and O–H groups in total. The standard InChI is InChI=1S/C26H40O9/c1-12-14-6-5-13-8-25(14,10-24(13,4)32)11-26(33)15(12)7-17(23(2,3)22(26)31)35-21-20(30)19(29)18(28)16(9-27)34-21/h13-21,27-30,32-33H,1,5-11H2,2-4H3/t13-,14+,15-,16-,17+,18-,19+,20-,21+,24-,25+,26+/m1/s1.